The molecule has 0 aromatic heterocycles. The zero-order valence-corrected chi connectivity index (χ0v) is 6.30. The summed E-state index contributed by atoms with van der Waals surface area (Å²) in [6, 6.07) is 0. The van der Waals surface area contributed by atoms with E-state index in [-0.39, 0.29) is 0 Å². The predicted octanol–water partition coefficient (Wildman–Crippen LogP) is -0.171. The summed E-state index contributed by atoms with van der Waals surface area (Å²) < 4.78 is 0. The minimum Gasteiger partial charge on any atom is -0.389 e. The van der Waals surface area contributed by atoms with Crippen molar-refractivity contribution in [2.45, 2.75) is 38.0 Å². The van der Waals surface area contributed by atoms with E-state index in [9.17, 15) is 5.11 Å². The number of aliphatic hydroxyl groups is 2. The quantitative estimate of drug-likeness (QED) is 0.481. The van der Waals surface area contributed by atoms with Crippen LogP contribution < -0.4 is 5.32 Å². The Morgan fingerprint density at radius 1 is 1.60 bits per heavy atom. The van der Waals surface area contributed by atoms with Crippen LogP contribution >= 0.6 is 0 Å². The maximum atomic E-state index is 9.30. The Labute approximate surface area is 61.1 Å². The van der Waals surface area contributed by atoms with Crippen LogP contribution in [0.25, 0.3) is 0 Å². The molecule has 0 saturated heterocycles. The first-order valence-electron chi connectivity index (χ1n) is 3.80. The molecule has 0 aromatic rings. The lowest BCUT2D eigenvalue weighted by Gasteiger charge is -2.13. The van der Waals surface area contributed by atoms with Gasteiger partial charge < -0.3 is 10.2 Å². The van der Waals surface area contributed by atoms with Crippen molar-refractivity contribution in [1.29, 1.82) is 0 Å². The average Bonchev–Trinajstić information content (AvgIpc) is 2.64. The second kappa shape index (κ2) is 2.86. The van der Waals surface area contributed by atoms with Gasteiger partial charge in [0, 0.05) is 6.54 Å². The minimum absolute atomic E-state index is 0.454. The molecule has 3 nitrogen and oxygen atoms in total. The van der Waals surface area contributed by atoms with Crippen molar-refractivity contribution in [2.75, 3.05) is 6.54 Å². The Balaban J connectivity index is 2.04. The molecule has 1 rings (SSSR count). The van der Waals surface area contributed by atoms with Crippen LogP contribution in [0.15, 0.2) is 0 Å². The predicted molar refractivity (Wildman–Crippen MR) is 38.5 cm³/mol. The highest BCUT2D eigenvalue weighted by molar-refractivity contribution is 4.95. The van der Waals surface area contributed by atoms with Crippen LogP contribution in [0.3, 0.4) is 0 Å². The molecule has 3 heteroatoms. The molecule has 1 fully saturated rings. The summed E-state index contributed by atoms with van der Waals surface area (Å²) in [6.07, 6.45) is 1.98. The van der Waals surface area contributed by atoms with Crippen LogP contribution in [0.5, 0.6) is 0 Å². The summed E-state index contributed by atoms with van der Waals surface area (Å²) in [5.74, 6) is 0. The van der Waals surface area contributed by atoms with E-state index in [1.54, 1.807) is 0 Å². The molecule has 0 heterocycles. The lowest BCUT2D eigenvalue weighted by Crippen LogP contribution is -2.35. The van der Waals surface area contributed by atoms with Crippen LogP contribution in [-0.4, -0.2) is 28.6 Å². The number of hydrogen-bond donors (Lipinski definition) is 3. The summed E-state index contributed by atoms with van der Waals surface area (Å²) in [7, 11) is 0. The molecule has 0 amide bonds. The van der Waals surface area contributed by atoms with Crippen molar-refractivity contribution < 1.29 is 10.2 Å². The van der Waals surface area contributed by atoms with Gasteiger partial charge in [0.25, 0.3) is 0 Å². The average molecular weight is 145 g/mol. The molecule has 1 aliphatic rings. The number of aliphatic hydroxyl groups excluding tert-OH is 1. The topological polar surface area (TPSA) is 52.5 Å². The zero-order valence-electron chi connectivity index (χ0n) is 6.30. The first-order chi connectivity index (χ1) is 4.66. The van der Waals surface area contributed by atoms with Crippen molar-refractivity contribution in [3.8, 4) is 0 Å². The maximum absolute atomic E-state index is 9.30. The zero-order chi connectivity index (χ0) is 7.61. The van der Waals surface area contributed by atoms with E-state index in [0.717, 1.165) is 12.8 Å². The van der Waals surface area contributed by atoms with E-state index in [1.165, 1.54) is 0 Å². The third-order valence-corrected chi connectivity index (χ3v) is 1.88. The Bertz CT molecular complexity index is 112. The number of rotatable bonds is 4. The molecule has 60 valence electrons. The first-order valence-corrected chi connectivity index (χ1v) is 3.80. The Morgan fingerprint density at radius 3 is 2.60 bits per heavy atom. The van der Waals surface area contributed by atoms with E-state index in [0.29, 0.717) is 13.0 Å². The van der Waals surface area contributed by atoms with E-state index in [4.69, 9.17) is 5.11 Å². The third kappa shape index (κ3) is 2.25. The fraction of sp³-hybridized carbons (Fsp3) is 1.00. The first kappa shape index (κ1) is 7.98. The fourth-order valence-electron chi connectivity index (χ4n) is 0.773. The van der Waals surface area contributed by atoms with E-state index < -0.39 is 11.8 Å². The van der Waals surface area contributed by atoms with Gasteiger partial charge in [-0.25, -0.2) is 0 Å². The molecule has 0 radical (unpaired) electrons. The number of nitrogens with one attached hydrogen (secondary N) is 1. The van der Waals surface area contributed by atoms with Crippen molar-refractivity contribution in [3.63, 3.8) is 0 Å². The van der Waals surface area contributed by atoms with Gasteiger partial charge in [-0.05, 0) is 19.3 Å². The van der Waals surface area contributed by atoms with Crippen molar-refractivity contribution in [3.05, 3.63) is 0 Å². The fourth-order valence-corrected chi connectivity index (χ4v) is 0.773. The van der Waals surface area contributed by atoms with Crippen molar-refractivity contribution in [1.82, 2.24) is 5.32 Å². The smallest absolute Gasteiger partial charge is 0.104 e. The Kier molecular flexibility index (Phi) is 2.28. The van der Waals surface area contributed by atoms with Crippen LogP contribution in [0.4, 0.5) is 0 Å². The van der Waals surface area contributed by atoms with Gasteiger partial charge in [-0.1, -0.05) is 6.92 Å². The van der Waals surface area contributed by atoms with Crippen LogP contribution in [-0.2, 0) is 0 Å². The molecule has 0 aliphatic heterocycles. The molecular weight excluding hydrogens is 130 g/mol. The van der Waals surface area contributed by atoms with Gasteiger partial charge in [0.1, 0.15) is 6.23 Å². The van der Waals surface area contributed by atoms with Crippen molar-refractivity contribution in [2.24, 2.45) is 0 Å². The monoisotopic (exact) mass is 145 g/mol. The standard InChI is InChI=1S/C7H15NO2/c1-2-6(9)8-5-7(10)3-4-7/h6,8-10H,2-5H2,1H3. The van der Waals surface area contributed by atoms with Gasteiger partial charge in [0.2, 0.25) is 0 Å². The van der Waals surface area contributed by atoms with Crippen molar-refractivity contribution >= 4 is 0 Å². The SMILES string of the molecule is CCC(O)NCC1(O)CC1. The lowest BCUT2D eigenvalue weighted by molar-refractivity contribution is 0.0885. The molecule has 0 aromatic carbocycles. The number of hydrogen-bond acceptors (Lipinski definition) is 3. The minimum atomic E-state index is -0.490. The highest BCUT2D eigenvalue weighted by Crippen LogP contribution is 2.33. The molecule has 1 aliphatic carbocycles. The summed E-state index contributed by atoms with van der Waals surface area (Å²) in [5.41, 5.74) is -0.490. The molecular formula is C7H15NO2. The molecule has 1 saturated carbocycles. The summed E-state index contributed by atoms with van der Waals surface area (Å²) in [6.45, 7) is 2.43. The normalized spacial score (nSPS) is 24.3. The van der Waals surface area contributed by atoms with Crippen LogP contribution in [0, 0.1) is 0 Å². The van der Waals surface area contributed by atoms with E-state index in [2.05, 4.69) is 5.32 Å². The lowest BCUT2D eigenvalue weighted by atomic mass is 10.3. The summed E-state index contributed by atoms with van der Waals surface area (Å²) >= 11 is 0. The third-order valence-electron chi connectivity index (χ3n) is 1.88. The molecule has 10 heavy (non-hydrogen) atoms. The maximum Gasteiger partial charge on any atom is 0.104 e. The van der Waals surface area contributed by atoms with Crippen LogP contribution in [0.2, 0.25) is 0 Å². The largest absolute Gasteiger partial charge is 0.389 e. The summed E-state index contributed by atoms with van der Waals surface area (Å²) in [4.78, 5) is 0. The van der Waals surface area contributed by atoms with Gasteiger partial charge in [-0.15, -0.1) is 0 Å². The molecule has 0 bridgehead atoms. The second-order valence-electron chi connectivity index (χ2n) is 3.03. The summed E-state index contributed by atoms with van der Waals surface area (Å²) in [5, 5.41) is 21.2. The van der Waals surface area contributed by atoms with Crippen LogP contribution in [0.1, 0.15) is 26.2 Å². The van der Waals surface area contributed by atoms with E-state index in [1.807, 2.05) is 6.92 Å². The molecule has 3 N–H and O–H groups in total. The second-order valence-corrected chi connectivity index (χ2v) is 3.03. The van der Waals surface area contributed by atoms with Gasteiger partial charge in [-0.3, -0.25) is 5.32 Å². The van der Waals surface area contributed by atoms with Gasteiger partial charge in [0.15, 0.2) is 0 Å². The highest BCUT2D eigenvalue weighted by atomic mass is 16.3. The molecule has 0 spiro atoms. The Hall–Kier alpha value is -0.120. The van der Waals surface area contributed by atoms with Gasteiger partial charge in [0.05, 0.1) is 5.60 Å². The molecule has 1 atom stereocenters. The highest BCUT2D eigenvalue weighted by Gasteiger charge is 2.39. The van der Waals surface area contributed by atoms with E-state index >= 15 is 0 Å². The van der Waals surface area contributed by atoms with Gasteiger partial charge in [-0.2, -0.15) is 0 Å². The molecule has 1 unspecified atom stereocenters. The van der Waals surface area contributed by atoms with Gasteiger partial charge >= 0.3 is 0 Å². The Morgan fingerprint density at radius 2 is 2.20 bits per heavy atom.